The molecule has 2 aliphatic heterocycles. The number of ether oxygens (including phenoxy) is 1. The summed E-state index contributed by atoms with van der Waals surface area (Å²) in [5, 5.41) is 0.639. The minimum Gasteiger partial charge on any atom is -0.492 e. The Hall–Kier alpha value is -1.75. The quantitative estimate of drug-likeness (QED) is 0.897. The molecule has 0 aromatic heterocycles. The van der Waals surface area contributed by atoms with Gasteiger partial charge in [-0.2, -0.15) is 0 Å². The third-order valence-corrected chi connectivity index (χ3v) is 5.08. The summed E-state index contributed by atoms with van der Waals surface area (Å²) in [6.07, 6.45) is 2.16. The van der Waals surface area contributed by atoms with E-state index in [1.807, 2.05) is 19.1 Å². The zero-order valence-corrected chi connectivity index (χ0v) is 13.9. The van der Waals surface area contributed by atoms with Crippen LogP contribution in [0.1, 0.15) is 25.3 Å². The molecule has 0 saturated carbocycles. The monoisotopic (exact) mass is 336 g/mol. The highest BCUT2D eigenvalue weighted by Gasteiger charge is 2.36. The first-order chi connectivity index (χ1) is 11.0. The maximum absolute atomic E-state index is 12.9. The van der Waals surface area contributed by atoms with Gasteiger partial charge in [-0.05, 0) is 49.9 Å². The van der Waals surface area contributed by atoms with E-state index in [1.54, 1.807) is 11.0 Å². The average molecular weight is 337 g/mol. The largest absolute Gasteiger partial charge is 0.492 e. The van der Waals surface area contributed by atoms with E-state index >= 15 is 0 Å². The molecule has 0 radical (unpaired) electrons. The van der Waals surface area contributed by atoms with Crippen LogP contribution in [-0.2, 0) is 16.0 Å². The molecule has 2 amide bonds. The number of primary amides is 1. The zero-order valence-electron chi connectivity index (χ0n) is 13.1. The van der Waals surface area contributed by atoms with Gasteiger partial charge in [0.2, 0.25) is 11.8 Å². The Labute approximate surface area is 140 Å². The molecule has 1 fully saturated rings. The number of likely N-dealkylation sites (tertiary alicyclic amines) is 1. The summed E-state index contributed by atoms with van der Waals surface area (Å²) in [5.41, 5.74) is 6.37. The molecular formula is C17H21ClN2O3. The van der Waals surface area contributed by atoms with Crippen LogP contribution in [0, 0.1) is 11.8 Å². The fourth-order valence-electron chi connectivity index (χ4n) is 3.40. The molecule has 3 rings (SSSR count). The van der Waals surface area contributed by atoms with E-state index in [2.05, 4.69) is 0 Å². The van der Waals surface area contributed by atoms with E-state index in [-0.39, 0.29) is 29.7 Å². The standard InChI is InChI=1S/C17H21ClN2O3/c1-10-2-3-11(16(19)21)8-20(10)17(22)13-6-12-7-14(18)4-5-15(12)23-9-13/h4-5,7,10-11,13H,2-3,6,8-9H2,1H3,(H2,19,21)/t10-,11-,13-/m1/s1. The van der Waals surface area contributed by atoms with E-state index < -0.39 is 0 Å². The van der Waals surface area contributed by atoms with Crippen LogP contribution in [0.3, 0.4) is 0 Å². The Kier molecular flexibility index (Phi) is 4.48. The van der Waals surface area contributed by atoms with E-state index in [1.165, 1.54) is 0 Å². The number of hydrogen-bond acceptors (Lipinski definition) is 3. The van der Waals surface area contributed by atoms with Crippen molar-refractivity contribution >= 4 is 23.4 Å². The molecule has 3 atom stereocenters. The van der Waals surface area contributed by atoms with E-state index in [9.17, 15) is 9.59 Å². The van der Waals surface area contributed by atoms with E-state index in [0.717, 1.165) is 24.2 Å². The predicted molar refractivity (Wildman–Crippen MR) is 87.2 cm³/mol. The molecule has 2 heterocycles. The van der Waals surface area contributed by atoms with Crippen LogP contribution < -0.4 is 10.5 Å². The van der Waals surface area contributed by atoms with Crippen molar-refractivity contribution in [3.05, 3.63) is 28.8 Å². The predicted octanol–water partition coefficient (Wildman–Crippen LogP) is 2.00. The normalized spacial score (nSPS) is 27.0. The van der Waals surface area contributed by atoms with Crippen LogP contribution in [0.2, 0.25) is 5.02 Å². The summed E-state index contributed by atoms with van der Waals surface area (Å²) in [4.78, 5) is 26.1. The second kappa shape index (κ2) is 6.40. The molecule has 1 aromatic carbocycles. The molecule has 0 unspecified atom stereocenters. The summed E-state index contributed by atoms with van der Waals surface area (Å²) in [7, 11) is 0. The van der Waals surface area contributed by atoms with Crippen LogP contribution in [-0.4, -0.2) is 35.9 Å². The van der Waals surface area contributed by atoms with Crippen molar-refractivity contribution in [2.24, 2.45) is 17.6 Å². The van der Waals surface area contributed by atoms with Gasteiger partial charge in [0.05, 0.1) is 11.8 Å². The van der Waals surface area contributed by atoms with Gasteiger partial charge in [-0.15, -0.1) is 0 Å². The van der Waals surface area contributed by atoms with Gasteiger partial charge < -0.3 is 15.4 Å². The molecule has 23 heavy (non-hydrogen) atoms. The van der Waals surface area contributed by atoms with Crippen molar-refractivity contribution in [2.45, 2.75) is 32.2 Å². The molecule has 1 saturated heterocycles. The highest BCUT2D eigenvalue weighted by molar-refractivity contribution is 6.30. The van der Waals surface area contributed by atoms with Crippen molar-refractivity contribution in [1.29, 1.82) is 0 Å². The van der Waals surface area contributed by atoms with Gasteiger partial charge in [0.15, 0.2) is 0 Å². The summed E-state index contributed by atoms with van der Waals surface area (Å²) < 4.78 is 5.71. The summed E-state index contributed by atoms with van der Waals surface area (Å²) in [5.74, 6) is 0.0115. The smallest absolute Gasteiger partial charge is 0.229 e. The van der Waals surface area contributed by atoms with Gasteiger partial charge in [0, 0.05) is 17.6 Å². The minimum absolute atomic E-state index is 0.0362. The SMILES string of the molecule is C[C@@H]1CC[C@@H](C(N)=O)CN1C(=O)[C@H]1COc2ccc(Cl)cc2C1. The maximum atomic E-state index is 12.9. The van der Waals surface area contributed by atoms with Gasteiger partial charge in [0.1, 0.15) is 12.4 Å². The fraction of sp³-hybridized carbons (Fsp3) is 0.529. The molecule has 6 heteroatoms. The Morgan fingerprint density at radius 1 is 1.30 bits per heavy atom. The van der Waals surface area contributed by atoms with Gasteiger partial charge in [-0.1, -0.05) is 11.6 Å². The van der Waals surface area contributed by atoms with Gasteiger partial charge in [-0.3, -0.25) is 9.59 Å². The van der Waals surface area contributed by atoms with Crippen molar-refractivity contribution < 1.29 is 14.3 Å². The highest BCUT2D eigenvalue weighted by Crippen LogP contribution is 2.32. The molecule has 5 nitrogen and oxygen atoms in total. The van der Waals surface area contributed by atoms with E-state index in [4.69, 9.17) is 22.1 Å². The van der Waals surface area contributed by atoms with E-state index in [0.29, 0.717) is 24.6 Å². The Morgan fingerprint density at radius 2 is 2.09 bits per heavy atom. The van der Waals surface area contributed by atoms with Gasteiger partial charge in [0.25, 0.3) is 0 Å². The number of hydrogen-bond donors (Lipinski definition) is 1. The first-order valence-electron chi connectivity index (χ1n) is 7.96. The first kappa shape index (κ1) is 16.1. The second-order valence-corrected chi connectivity index (χ2v) is 6.92. The van der Waals surface area contributed by atoms with Gasteiger partial charge >= 0.3 is 0 Å². The number of halogens is 1. The number of nitrogens with two attached hydrogens (primary N) is 1. The highest BCUT2D eigenvalue weighted by atomic mass is 35.5. The number of amides is 2. The summed E-state index contributed by atoms with van der Waals surface area (Å²) in [6.45, 7) is 2.79. The zero-order chi connectivity index (χ0) is 16.6. The number of fused-ring (bicyclic) bond motifs is 1. The number of piperidine rings is 1. The molecule has 0 aliphatic carbocycles. The lowest BCUT2D eigenvalue weighted by atomic mass is 9.89. The lowest BCUT2D eigenvalue weighted by molar-refractivity contribution is -0.142. The van der Waals surface area contributed by atoms with Crippen molar-refractivity contribution in [1.82, 2.24) is 4.90 Å². The topological polar surface area (TPSA) is 72.6 Å². The van der Waals surface area contributed by atoms with Crippen LogP contribution in [0.15, 0.2) is 18.2 Å². The Bertz CT molecular complexity index is 634. The number of benzene rings is 1. The van der Waals surface area contributed by atoms with Crippen LogP contribution >= 0.6 is 11.6 Å². The molecule has 0 bridgehead atoms. The molecule has 2 N–H and O–H groups in total. The van der Waals surface area contributed by atoms with Crippen molar-refractivity contribution in [2.75, 3.05) is 13.2 Å². The molecular weight excluding hydrogens is 316 g/mol. The summed E-state index contributed by atoms with van der Waals surface area (Å²) in [6, 6.07) is 5.60. The van der Waals surface area contributed by atoms with Crippen molar-refractivity contribution in [3.8, 4) is 5.75 Å². The molecule has 2 aliphatic rings. The fourth-order valence-corrected chi connectivity index (χ4v) is 3.60. The first-order valence-corrected chi connectivity index (χ1v) is 8.34. The van der Waals surface area contributed by atoms with Crippen molar-refractivity contribution in [3.63, 3.8) is 0 Å². The van der Waals surface area contributed by atoms with Crippen LogP contribution in [0.25, 0.3) is 0 Å². The average Bonchev–Trinajstić information content (AvgIpc) is 2.53. The minimum atomic E-state index is -0.327. The Morgan fingerprint density at radius 3 is 2.83 bits per heavy atom. The number of rotatable bonds is 2. The van der Waals surface area contributed by atoms with Crippen LogP contribution in [0.5, 0.6) is 5.75 Å². The lowest BCUT2D eigenvalue weighted by Crippen LogP contribution is -2.51. The molecule has 124 valence electrons. The third kappa shape index (κ3) is 3.29. The molecule has 1 aromatic rings. The molecule has 0 spiro atoms. The van der Waals surface area contributed by atoms with Gasteiger partial charge in [-0.25, -0.2) is 0 Å². The maximum Gasteiger partial charge on any atom is 0.229 e. The lowest BCUT2D eigenvalue weighted by Gasteiger charge is -2.39. The third-order valence-electron chi connectivity index (χ3n) is 4.85. The number of carbonyl (C=O) groups is 2. The Balaban J connectivity index is 1.74. The number of nitrogens with zero attached hydrogens (tertiary/aromatic N) is 1. The number of carbonyl (C=O) groups excluding carboxylic acids is 2. The second-order valence-electron chi connectivity index (χ2n) is 6.48. The summed E-state index contributed by atoms with van der Waals surface area (Å²) >= 11 is 6.03. The van der Waals surface area contributed by atoms with Crippen LogP contribution in [0.4, 0.5) is 0 Å².